The summed E-state index contributed by atoms with van der Waals surface area (Å²) in [6, 6.07) is 65.8. The Hall–Kier alpha value is -6.98. The average Bonchev–Trinajstić information content (AvgIpc) is 3.78. The number of aromatic nitrogens is 1. The van der Waals surface area contributed by atoms with Gasteiger partial charge in [-0.05, 0) is 89.3 Å². The van der Waals surface area contributed by atoms with E-state index in [0.29, 0.717) is 0 Å². The van der Waals surface area contributed by atoms with Crippen LogP contribution in [0, 0.1) is 0 Å². The third-order valence-electron chi connectivity index (χ3n) is 11.3. The fraction of sp³-hybridized carbons (Fsp3) is 0. The molecule has 0 bridgehead atoms. The van der Waals surface area contributed by atoms with Crippen molar-refractivity contribution in [3.63, 3.8) is 0 Å². The molecule has 53 heavy (non-hydrogen) atoms. The number of benzene rings is 8. The van der Waals surface area contributed by atoms with Gasteiger partial charge in [-0.25, -0.2) is 0 Å². The quantitative estimate of drug-likeness (QED) is 0.174. The largest absolute Gasteiger partial charge is 0.455 e. The molecule has 8 aromatic carbocycles. The number of nitrogens with zero attached hydrogens (tertiary/aromatic N) is 3. The molecule has 0 aliphatic carbocycles. The number of hydrogen-bond acceptors (Lipinski definition) is 3. The van der Waals surface area contributed by atoms with E-state index in [1.54, 1.807) is 0 Å². The summed E-state index contributed by atoms with van der Waals surface area (Å²) in [4.78, 5) is 4.99. The SMILES string of the molecule is c1ccc(N2B3c4ccccc4-n4c5ccccc5c5c(N(c6ccccc6)c6ccccc6)cc(c3c54)-c3c2ccc2c3oc3ccccc32)cc1. The van der Waals surface area contributed by atoms with E-state index >= 15 is 0 Å². The molecule has 2 aliphatic heterocycles. The zero-order chi connectivity index (χ0) is 34.6. The van der Waals surface area contributed by atoms with Crippen molar-refractivity contribution in [2.45, 2.75) is 0 Å². The van der Waals surface area contributed by atoms with E-state index in [2.05, 4.69) is 196 Å². The predicted molar refractivity (Wildman–Crippen MR) is 222 cm³/mol. The summed E-state index contributed by atoms with van der Waals surface area (Å²) >= 11 is 0. The molecule has 0 spiro atoms. The maximum Gasteiger partial charge on any atom is 0.333 e. The molecule has 0 unspecified atom stereocenters. The molecule has 0 N–H and O–H groups in total. The molecule has 4 heterocycles. The van der Waals surface area contributed by atoms with E-state index in [1.165, 1.54) is 44.0 Å². The second-order valence-electron chi connectivity index (χ2n) is 14.0. The lowest BCUT2D eigenvalue weighted by Gasteiger charge is -2.42. The standard InChI is InChI=1S/C48H30BN3O/c1-4-16-31(17-5-1)50(32-18-6-2-7-19-32)42-30-37-45-41(29-28-35-34-22-11-15-27-43(34)53-48(35)45)52(33-20-8-3-9-21-33)49-38-24-12-14-26-40(38)51-39-25-13-10-23-36(39)44(42)47(51)46(37)49/h1-30H. The fourth-order valence-corrected chi connectivity index (χ4v) is 9.26. The van der Waals surface area contributed by atoms with Crippen molar-refractivity contribution in [2.24, 2.45) is 0 Å². The summed E-state index contributed by atoms with van der Waals surface area (Å²) in [5.41, 5.74) is 16.0. The minimum Gasteiger partial charge on any atom is -0.455 e. The van der Waals surface area contributed by atoms with Crippen molar-refractivity contribution < 1.29 is 4.42 Å². The predicted octanol–water partition coefficient (Wildman–Crippen LogP) is 11.4. The van der Waals surface area contributed by atoms with Crippen molar-refractivity contribution in [1.82, 2.24) is 4.57 Å². The van der Waals surface area contributed by atoms with Crippen molar-refractivity contribution in [3.05, 3.63) is 182 Å². The molecule has 0 radical (unpaired) electrons. The van der Waals surface area contributed by atoms with Crippen LogP contribution >= 0.6 is 0 Å². The molecule has 0 atom stereocenters. The molecule has 246 valence electrons. The zero-order valence-electron chi connectivity index (χ0n) is 28.6. The maximum absolute atomic E-state index is 6.94. The number of hydrogen-bond donors (Lipinski definition) is 0. The lowest BCUT2D eigenvalue weighted by molar-refractivity contribution is 0.670. The summed E-state index contributed by atoms with van der Waals surface area (Å²) in [5.74, 6) is 0. The molecule has 0 saturated carbocycles. The van der Waals surface area contributed by atoms with Crippen molar-refractivity contribution in [2.75, 3.05) is 9.71 Å². The molecule has 2 aliphatic rings. The van der Waals surface area contributed by atoms with E-state index in [1.807, 2.05) is 0 Å². The van der Waals surface area contributed by atoms with Crippen LogP contribution in [0.5, 0.6) is 0 Å². The molecule has 0 amide bonds. The first-order valence-electron chi connectivity index (χ1n) is 18.2. The Kier molecular flexibility index (Phi) is 5.83. The van der Waals surface area contributed by atoms with E-state index in [4.69, 9.17) is 4.42 Å². The Morgan fingerprint density at radius 3 is 1.94 bits per heavy atom. The van der Waals surface area contributed by atoms with Crippen molar-refractivity contribution >= 4 is 90.0 Å². The van der Waals surface area contributed by atoms with E-state index < -0.39 is 0 Å². The van der Waals surface area contributed by atoms with Gasteiger partial charge in [0, 0.05) is 55.5 Å². The molecule has 10 aromatic rings. The Morgan fingerprint density at radius 1 is 0.528 bits per heavy atom. The van der Waals surface area contributed by atoms with Gasteiger partial charge in [0.1, 0.15) is 11.2 Å². The van der Waals surface area contributed by atoms with Crippen LogP contribution in [-0.4, -0.2) is 11.4 Å². The molecule has 4 nitrogen and oxygen atoms in total. The highest BCUT2D eigenvalue weighted by molar-refractivity contribution is 6.94. The first kappa shape index (κ1) is 28.7. The summed E-state index contributed by atoms with van der Waals surface area (Å²) in [6.45, 7) is -0.0757. The second kappa shape index (κ2) is 10.8. The lowest BCUT2D eigenvalue weighted by Crippen LogP contribution is -2.60. The van der Waals surface area contributed by atoms with Gasteiger partial charge in [-0.3, -0.25) is 0 Å². The lowest BCUT2D eigenvalue weighted by atomic mass is 9.44. The first-order valence-corrected chi connectivity index (χ1v) is 18.2. The number of rotatable bonds is 4. The molecular formula is C48H30BN3O. The zero-order valence-corrected chi connectivity index (χ0v) is 28.6. The van der Waals surface area contributed by atoms with Crippen LogP contribution in [0.2, 0.25) is 0 Å². The minimum absolute atomic E-state index is 0.0757. The molecule has 2 aromatic heterocycles. The molecule has 0 saturated heterocycles. The third-order valence-corrected chi connectivity index (χ3v) is 11.3. The van der Waals surface area contributed by atoms with Gasteiger partial charge in [-0.2, -0.15) is 0 Å². The van der Waals surface area contributed by atoms with Gasteiger partial charge in [0.05, 0.1) is 16.7 Å². The third kappa shape index (κ3) is 3.86. The number of anilines is 5. The molecule has 5 heteroatoms. The maximum atomic E-state index is 6.94. The van der Waals surface area contributed by atoms with Crippen LogP contribution < -0.4 is 20.6 Å². The average molecular weight is 676 g/mol. The summed E-state index contributed by atoms with van der Waals surface area (Å²) in [7, 11) is 0. The number of furan rings is 1. The highest BCUT2D eigenvalue weighted by Crippen LogP contribution is 2.52. The summed E-state index contributed by atoms with van der Waals surface area (Å²) in [6.07, 6.45) is 0. The van der Waals surface area contributed by atoms with E-state index in [0.717, 1.165) is 55.9 Å². The Labute approximate surface area is 306 Å². The topological polar surface area (TPSA) is 24.6 Å². The second-order valence-corrected chi connectivity index (χ2v) is 14.0. The fourth-order valence-electron chi connectivity index (χ4n) is 9.26. The van der Waals surface area contributed by atoms with Crippen molar-refractivity contribution in [3.8, 4) is 16.8 Å². The monoisotopic (exact) mass is 675 g/mol. The minimum atomic E-state index is -0.0757. The van der Waals surface area contributed by atoms with Gasteiger partial charge in [0.15, 0.2) is 0 Å². The van der Waals surface area contributed by atoms with Gasteiger partial charge in [0.25, 0.3) is 0 Å². The van der Waals surface area contributed by atoms with Crippen LogP contribution in [0.25, 0.3) is 60.6 Å². The first-order chi connectivity index (χ1) is 26.3. The highest BCUT2D eigenvalue weighted by atomic mass is 16.3. The van der Waals surface area contributed by atoms with Gasteiger partial charge in [-0.15, -0.1) is 0 Å². The van der Waals surface area contributed by atoms with Gasteiger partial charge >= 0.3 is 6.85 Å². The van der Waals surface area contributed by atoms with Crippen molar-refractivity contribution in [1.29, 1.82) is 0 Å². The Balaban J connectivity index is 1.33. The van der Waals surface area contributed by atoms with Gasteiger partial charge in [-0.1, -0.05) is 109 Å². The molecule has 12 rings (SSSR count). The Morgan fingerprint density at radius 2 is 1.17 bits per heavy atom. The number of fused-ring (bicyclic) bond motifs is 12. The van der Waals surface area contributed by atoms with Crippen LogP contribution in [0.3, 0.4) is 0 Å². The van der Waals surface area contributed by atoms with Gasteiger partial charge < -0.3 is 18.7 Å². The van der Waals surface area contributed by atoms with Crippen LogP contribution in [-0.2, 0) is 0 Å². The number of para-hydroxylation sites is 6. The Bertz CT molecular complexity index is 3040. The summed E-state index contributed by atoms with van der Waals surface area (Å²) < 4.78 is 9.47. The van der Waals surface area contributed by atoms with E-state index in [9.17, 15) is 0 Å². The van der Waals surface area contributed by atoms with Crippen LogP contribution in [0.15, 0.2) is 186 Å². The molecular weight excluding hydrogens is 645 g/mol. The molecule has 0 fully saturated rings. The van der Waals surface area contributed by atoms with Gasteiger partial charge in [0.2, 0.25) is 0 Å². The van der Waals surface area contributed by atoms with Crippen LogP contribution in [0.4, 0.5) is 28.4 Å². The summed E-state index contributed by atoms with van der Waals surface area (Å²) in [5, 5.41) is 4.72. The smallest absolute Gasteiger partial charge is 0.333 e. The van der Waals surface area contributed by atoms with Crippen LogP contribution in [0.1, 0.15) is 0 Å². The normalized spacial score (nSPS) is 12.8. The highest BCUT2D eigenvalue weighted by Gasteiger charge is 2.45. The van der Waals surface area contributed by atoms with E-state index in [-0.39, 0.29) is 6.85 Å².